The maximum Gasteiger partial charge on any atom is 0.0361 e. The van der Waals surface area contributed by atoms with Gasteiger partial charge in [0.25, 0.3) is 0 Å². The molecule has 1 aromatic heterocycles. The Labute approximate surface area is 231 Å². The van der Waals surface area contributed by atoms with Crippen LogP contribution in [0.4, 0.5) is 0 Å². The predicted molar refractivity (Wildman–Crippen MR) is 171 cm³/mol. The molecule has 0 saturated carbocycles. The standard InChI is InChI=1S/C38H24S/c1-2-10-25(11-3-1)26-18-20-27(21-19-26)37-31-13-4-6-15-33(31)38(34-16-7-5-14-32(34)37)28-22-23-30-29-12-8-9-17-35(29)39-36(30)24-28/h1-24H. The molecule has 0 bridgehead atoms. The van der Waals surface area contributed by atoms with E-state index in [1.807, 2.05) is 11.3 Å². The minimum absolute atomic E-state index is 1.24. The van der Waals surface area contributed by atoms with Gasteiger partial charge in [-0.25, -0.2) is 0 Å². The van der Waals surface area contributed by atoms with Crippen LogP contribution in [0.1, 0.15) is 0 Å². The Balaban J connectivity index is 1.38. The van der Waals surface area contributed by atoms with Crippen molar-refractivity contribution < 1.29 is 0 Å². The molecule has 0 spiro atoms. The summed E-state index contributed by atoms with van der Waals surface area (Å²) in [7, 11) is 0. The monoisotopic (exact) mass is 512 g/mol. The van der Waals surface area contributed by atoms with Gasteiger partial charge in [-0.15, -0.1) is 11.3 Å². The first kappa shape index (κ1) is 22.3. The number of thiophene rings is 1. The quantitative estimate of drug-likeness (QED) is 0.207. The van der Waals surface area contributed by atoms with Crippen LogP contribution in [0.3, 0.4) is 0 Å². The first-order chi connectivity index (χ1) is 19.3. The van der Waals surface area contributed by atoms with Crippen molar-refractivity contribution in [3.63, 3.8) is 0 Å². The fourth-order valence-electron chi connectivity index (χ4n) is 6.09. The van der Waals surface area contributed by atoms with Gasteiger partial charge in [0.15, 0.2) is 0 Å². The highest BCUT2D eigenvalue weighted by Gasteiger charge is 2.17. The van der Waals surface area contributed by atoms with E-state index in [9.17, 15) is 0 Å². The lowest BCUT2D eigenvalue weighted by Gasteiger charge is -2.18. The molecule has 0 radical (unpaired) electrons. The van der Waals surface area contributed by atoms with E-state index in [0.717, 1.165) is 0 Å². The molecule has 8 aromatic rings. The van der Waals surface area contributed by atoms with Gasteiger partial charge in [-0.2, -0.15) is 0 Å². The van der Waals surface area contributed by atoms with E-state index in [1.165, 1.54) is 75.1 Å². The highest BCUT2D eigenvalue weighted by molar-refractivity contribution is 7.25. The highest BCUT2D eigenvalue weighted by atomic mass is 32.1. The van der Waals surface area contributed by atoms with Crippen LogP contribution in [0.15, 0.2) is 146 Å². The molecule has 0 nitrogen and oxygen atoms in total. The molecule has 0 amide bonds. The third-order valence-corrected chi connectivity index (χ3v) is 9.01. The number of hydrogen-bond acceptors (Lipinski definition) is 1. The van der Waals surface area contributed by atoms with Gasteiger partial charge in [-0.3, -0.25) is 0 Å². The van der Waals surface area contributed by atoms with Crippen LogP contribution in [-0.2, 0) is 0 Å². The topological polar surface area (TPSA) is 0 Å². The van der Waals surface area contributed by atoms with Gasteiger partial charge in [-0.05, 0) is 67.1 Å². The van der Waals surface area contributed by atoms with Crippen molar-refractivity contribution in [2.75, 3.05) is 0 Å². The van der Waals surface area contributed by atoms with E-state index in [0.29, 0.717) is 0 Å². The lowest BCUT2D eigenvalue weighted by atomic mass is 9.85. The van der Waals surface area contributed by atoms with Gasteiger partial charge in [0.05, 0.1) is 0 Å². The van der Waals surface area contributed by atoms with Crippen molar-refractivity contribution in [1.82, 2.24) is 0 Å². The van der Waals surface area contributed by atoms with Crippen molar-refractivity contribution in [1.29, 1.82) is 0 Å². The van der Waals surface area contributed by atoms with Crippen molar-refractivity contribution in [3.8, 4) is 33.4 Å². The lowest BCUT2D eigenvalue weighted by Crippen LogP contribution is -1.90. The second kappa shape index (κ2) is 8.94. The summed E-state index contributed by atoms with van der Waals surface area (Å²) in [5, 5.41) is 7.83. The van der Waals surface area contributed by atoms with Gasteiger partial charge >= 0.3 is 0 Å². The Morgan fingerprint density at radius 2 is 0.718 bits per heavy atom. The van der Waals surface area contributed by atoms with Gasteiger partial charge in [0, 0.05) is 20.2 Å². The zero-order chi connectivity index (χ0) is 25.8. The van der Waals surface area contributed by atoms with E-state index in [4.69, 9.17) is 0 Å². The van der Waals surface area contributed by atoms with E-state index in [2.05, 4.69) is 146 Å². The number of benzene rings is 7. The first-order valence-electron chi connectivity index (χ1n) is 13.4. The van der Waals surface area contributed by atoms with Crippen LogP contribution in [0.25, 0.3) is 75.1 Å². The Morgan fingerprint density at radius 3 is 1.36 bits per heavy atom. The fourth-order valence-corrected chi connectivity index (χ4v) is 7.24. The van der Waals surface area contributed by atoms with E-state index < -0.39 is 0 Å². The van der Waals surface area contributed by atoms with Crippen molar-refractivity contribution >= 4 is 53.1 Å². The number of fused-ring (bicyclic) bond motifs is 5. The highest BCUT2D eigenvalue weighted by Crippen LogP contribution is 2.45. The summed E-state index contributed by atoms with van der Waals surface area (Å²) < 4.78 is 2.68. The van der Waals surface area contributed by atoms with Crippen LogP contribution < -0.4 is 0 Å². The van der Waals surface area contributed by atoms with E-state index in [1.54, 1.807) is 0 Å². The number of hydrogen-bond donors (Lipinski definition) is 0. The van der Waals surface area contributed by atoms with Crippen LogP contribution >= 0.6 is 11.3 Å². The molecule has 182 valence electrons. The normalized spacial score (nSPS) is 11.6. The molecule has 0 fully saturated rings. The van der Waals surface area contributed by atoms with Gasteiger partial charge in [0.2, 0.25) is 0 Å². The van der Waals surface area contributed by atoms with Crippen molar-refractivity contribution in [2.45, 2.75) is 0 Å². The van der Waals surface area contributed by atoms with Crippen molar-refractivity contribution in [3.05, 3.63) is 146 Å². The minimum Gasteiger partial charge on any atom is -0.135 e. The zero-order valence-electron chi connectivity index (χ0n) is 21.3. The molecule has 39 heavy (non-hydrogen) atoms. The van der Waals surface area contributed by atoms with Crippen LogP contribution in [0.5, 0.6) is 0 Å². The molecule has 0 N–H and O–H groups in total. The molecular weight excluding hydrogens is 488 g/mol. The second-order valence-corrected chi connectivity index (χ2v) is 11.2. The molecule has 0 saturated heterocycles. The van der Waals surface area contributed by atoms with Crippen molar-refractivity contribution in [2.24, 2.45) is 0 Å². The van der Waals surface area contributed by atoms with Crippen LogP contribution in [-0.4, -0.2) is 0 Å². The molecular formula is C38H24S. The molecule has 1 heteroatoms. The Morgan fingerprint density at radius 1 is 0.282 bits per heavy atom. The maximum absolute atomic E-state index is 2.39. The average molecular weight is 513 g/mol. The minimum atomic E-state index is 1.24. The summed E-state index contributed by atoms with van der Waals surface area (Å²) in [5.74, 6) is 0. The summed E-state index contributed by atoms with van der Waals surface area (Å²) in [6.45, 7) is 0. The molecule has 7 aromatic carbocycles. The fraction of sp³-hybridized carbons (Fsp3) is 0. The molecule has 8 rings (SSSR count). The smallest absolute Gasteiger partial charge is 0.0361 e. The predicted octanol–water partition coefficient (Wildman–Crippen LogP) is 11.4. The molecule has 1 heterocycles. The molecule has 0 aliphatic carbocycles. The van der Waals surface area contributed by atoms with Crippen LogP contribution in [0, 0.1) is 0 Å². The lowest BCUT2D eigenvalue weighted by molar-refractivity contribution is 1.61. The third-order valence-electron chi connectivity index (χ3n) is 7.88. The summed E-state index contributed by atoms with van der Waals surface area (Å²) in [4.78, 5) is 0. The summed E-state index contributed by atoms with van der Waals surface area (Å²) in [6, 6.07) is 53.2. The summed E-state index contributed by atoms with van der Waals surface area (Å²) >= 11 is 1.88. The molecule has 0 aliphatic heterocycles. The Bertz CT molecular complexity index is 2090. The SMILES string of the molecule is c1ccc(-c2ccc(-c3c4ccccc4c(-c4ccc5c(c4)sc4ccccc45)c4ccccc34)cc2)cc1. The van der Waals surface area contributed by atoms with Crippen LogP contribution in [0.2, 0.25) is 0 Å². The van der Waals surface area contributed by atoms with E-state index in [-0.39, 0.29) is 0 Å². The molecule has 0 unspecified atom stereocenters. The summed E-state index contributed by atoms with van der Waals surface area (Å²) in [5.41, 5.74) is 7.60. The zero-order valence-corrected chi connectivity index (χ0v) is 22.1. The molecule has 0 aliphatic rings. The van der Waals surface area contributed by atoms with Gasteiger partial charge in [-0.1, -0.05) is 133 Å². The third kappa shape index (κ3) is 3.59. The Kier molecular flexibility index (Phi) is 5.11. The van der Waals surface area contributed by atoms with Gasteiger partial charge < -0.3 is 0 Å². The van der Waals surface area contributed by atoms with E-state index >= 15 is 0 Å². The maximum atomic E-state index is 2.39. The second-order valence-electron chi connectivity index (χ2n) is 10.1. The Hall–Kier alpha value is -4.72. The number of rotatable bonds is 3. The average Bonchev–Trinajstić information content (AvgIpc) is 3.38. The largest absolute Gasteiger partial charge is 0.135 e. The molecule has 0 atom stereocenters. The van der Waals surface area contributed by atoms with Gasteiger partial charge in [0.1, 0.15) is 0 Å². The first-order valence-corrected chi connectivity index (χ1v) is 14.2. The summed E-state index contributed by atoms with van der Waals surface area (Å²) in [6.07, 6.45) is 0.